The topological polar surface area (TPSA) is 96.9 Å². The predicted octanol–water partition coefficient (Wildman–Crippen LogP) is 1.83. The maximum absolute atomic E-state index is 8.33. The second-order valence-corrected chi connectivity index (χ2v) is 7.40. The smallest absolute Gasteiger partial charge is 0.119 e. The van der Waals surface area contributed by atoms with Gasteiger partial charge in [-0.05, 0) is 41.5 Å². The van der Waals surface area contributed by atoms with Gasteiger partial charge in [-0.3, -0.25) is 0 Å². The van der Waals surface area contributed by atoms with Crippen LogP contribution in [0.15, 0.2) is 84.9 Å². The lowest BCUT2D eigenvalue weighted by Crippen LogP contribution is -2.43. The zero-order chi connectivity index (χ0) is 23.3. The molecule has 0 amide bonds. The van der Waals surface area contributed by atoms with Gasteiger partial charge in [-0.15, -0.1) is 0 Å². The number of ether oxygens (including phenoxy) is 2. The lowest BCUT2D eigenvalue weighted by Gasteiger charge is -2.29. The van der Waals surface area contributed by atoms with Crippen molar-refractivity contribution in [2.24, 2.45) is 0 Å². The summed E-state index contributed by atoms with van der Waals surface area (Å²) in [6, 6.07) is 29.0. The van der Waals surface area contributed by atoms with Crippen LogP contribution in [0.4, 0.5) is 10.5 Å². The van der Waals surface area contributed by atoms with Crippen molar-refractivity contribution in [3.05, 3.63) is 96.1 Å². The highest BCUT2D eigenvalue weighted by Crippen LogP contribution is 2.26. The second-order valence-electron chi connectivity index (χ2n) is 7.40. The minimum Gasteiger partial charge on any atom is -0.652 e. The van der Waals surface area contributed by atoms with E-state index in [9.17, 15) is 0 Å². The molecule has 0 atom stereocenters. The third-order valence-corrected chi connectivity index (χ3v) is 5.16. The number of carbonyl (C=O) groups excluding carboxylic acids is 1. The molecule has 1 N–H and O–H groups in total. The maximum Gasteiger partial charge on any atom is 0.119 e. The minimum atomic E-state index is -2.33. The van der Waals surface area contributed by atoms with Crippen LogP contribution < -0.4 is 25.2 Å². The van der Waals surface area contributed by atoms with Crippen LogP contribution >= 0.6 is 0 Å². The molecule has 0 saturated carbocycles. The van der Waals surface area contributed by atoms with E-state index in [1.54, 1.807) is 0 Å². The number of piperazine rings is 1. The number of carbonyl (C=O) groups is 1. The molecule has 7 heteroatoms. The van der Waals surface area contributed by atoms with Gasteiger partial charge < -0.3 is 34.7 Å². The standard InChI is InChI=1S/C25H28N2O2.CH2O3/c1-3-7-21(8-4-1)25(22-9-5-2-6-10-22)29-20-19-28-24-13-11-23(12-14-24)27-17-15-26-16-18-27;2-1(3)4/h1-14,25-26H,15-20H2;(H2,2,3,4)/p-2. The molecule has 1 heterocycles. The number of nitrogens with one attached hydrogen (secondary N) is 1. The van der Waals surface area contributed by atoms with Crippen LogP contribution in [0.1, 0.15) is 17.2 Å². The molecule has 0 spiro atoms. The first-order valence-electron chi connectivity index (χ1n) is 10.9. The zero-order valence-corrected chi connectivity index (χ0v) is 18.4. The Bertz CT molecular complexity index is 902. The van der Waals surface area contributed by atoms with E-state index < -0.39 is 6.16 Å². The van der Waals surface area contributed by atoms with Crippen molar-refractivity contribution in [2.75, 3.05) is 44.3 Å². The molecule has 0 unspecified atom stereocenters. The summed E-state index contributed by atoms with van der Waals surface area (Å²) in [6.45, 7) is 5.22. The van der Waals surface area contributed by atoms with Crippen LogP contribution in [-0.2, 0) is 4.74 Å². The monoisotopic (exact) mass is 448 g/mol. The van der Waals surface area contributed by atoms with Crippen molar-refractivity contribution in [1.29, 1.82) is 0 Å². The van der Waals surface area contributed by atoms with Gasteiger partial charge in [0.2, 0.25) is 0 Å². The third-order valence-electron chi connectivity index (χ3n) is 5.16. The molecule has 33 heavy (non-hydrogen) atoms. The van der Waals surface area contributed by atoms with E-state index in [0.717, 1.165) is 43.1 Å². The normalized spacial score (nSPS) is 13.2. The molecule has 0 aromatic heterocycles. The first-order valence-corrected chi connectivity index (χ1v) is 10.9. The molecule has 1 fully saturated rings. The van der Waals surface area contributed by atoms with Crippen LogP contribution in [-0.4, -0.2) is 45.5 Å². The summed E-state index contributed by atoms with van der Waals surface area (Å²) in [7, 11) is 0. The summed E-state index contributed by atoms with van der Waals surface area (Å²) in [4.78, 5) is 10.7. The molecule has 174 valence electrons. The van der Waals surface area contributed by atoms with Crippen LogP contribution in [0.25, 0.3) is 0 Å². The van der Waals surface area contributed by atoms with Crippen molar-refractivity contribution >= 4 is 11.8 Å². The largest absolute Gasteiger partial charge is 0.652 e. The summed E-state index contributed by atoms with van der Waals surface area (Å²) in [6.07, 6.45) is -2.42. The van der Waals surface area contributed by atoms with E-state index in [1.807, 2.05) is 48.5 Å². The Morgan fingerprint density at radius 3 is 1.85 bits per heavy atom. The summed E-state index contributed by atoms with van der Waals surface area (Å²) in [5.74, 6) is 0.878. The van der Waals surface area contributed by atoms with E-state index in [1.165, 1.54) is 5.69 Å². The maximum atomic E-state index is 8.33. The van der Waals surface area contributed by atoms with Gasteiger partial charge in [-0.25, -0.2) is 0 Å². The SMILES string of the molecule is O=C([O-])[O-].c1ccc(C(OCCOc2ccc(N3CCNCC3)cc2)c2ccccc2)cc1. The summed E-state index contributed by atoms with van der Waals surface area (Å²) < 4.78 is 12.1. The third kappa shape index (κ3) is 8.14. The lowest BCUT2D eigenvalue weighted by atomic mass is 10.0. The van der Waals surface area contributed by atoms with Gasteiger partial charge in [-0.2, -0.15) is 0 Å². The quantitative estimate of drug-likeness (QED) is 0.525. The Labute approximate surface area is 194 Å². The Morgan fingerprint density at radius 1 is 0.818 bits per heavy atom. The van der Waals surface area contributed by atoms with E-state index in [4.69, 9.17) is 24.5 Å². The minimum absolute atomic E-state index is 0.0870. The van der Waals surface area contributed by atoms with Crippen molar-refractivity contribution in [2.45, 2.75) is 6.10 Å². The molecule has 0 aliphatic carbocycles. The Kier molecular flexibility index (Phi) is 9.57. The Hall–Kier alpha value is -3.55. The first-order chi connectivity index (χ1) is 16.1. The van der Waals surface area contributed by atoms with E-state index in [-0.39, 0.29) is 6.10 Å². The van der Waals surface area contributed by atoms with Gasteiger partial charge in [0, 0.05) is 31.9 Å². The number of hydrogen-bond donors (Lipinski definition) is 1. The van der Waals surface area contributed by atoms with Crippen molar-refractivity contribution < 1.29 is 24.5 Å². The number of hydrogen-bond acceptors (Lipinski definition) is 7. The highest BCUT2D eigenvalue weighted by molar-refractivity contribution is 5.49. The molecular formula is C26H28N2O5-2. The molecule has 0 bridgehead atoms. The zero-order valence-electron chi connectivity index (χ0n) is 18.4. The van der Waals surface area contributed by atoms with Crippen LogP contribution in [0.3, 0.4) is 0 Å². The molecule has 3 aromatic rings. The van der Waals surface area contributed by atoms with Crippen LogP contribution in [0.2, 0.25) is 0 Å². The molecule has 0 radical (unpaired) electrons. The molecule has 1 saturated heterocycles. The molecule has 3 aromatic carbocycles. The van der Waals surface area contributed by atoms with Gasteiger partial charge in [0.15, 0.2) is 0 Å². The highest BCUT2D eigenvalue weighted by Gasteiger charge is 2.14. The van der Waals surface area contributed by atoms with Gasteiger partial charge in [0.1, 0.15) is 18.5 Å². The summed E-state index contributed by atoms with van der Waals surface area (Å²) >= 11 is 0. The number of rotatable bonds is 8. The molecule has 1 aliphatic rings. The molecule has 7 nitrogen and oxygen atoms in total. The predicted molar refractivity (Wildman–Crippen MR) is 123 cm³/mol. The summed E-state index contributed by atoms with van der Waals surface area (Å²) in [5, 5.41) is 20.0. The van der Waals surface area contributed by atoms with Gasteiger partial charge in [0.05, 0.1) is 6.61 Å². The lowest BCUT2D eigenvalue weighted by molar-refractivity contribution is -0.415. The van der Waals surface area contributed by atoms with Crippen LogP contribution in [0.5, 0.6) is 5.75 Å². The van der Waals surface area contributed by atoms with Gasteiger partial charge in [-0.1, -0.05) is 60.7 Å². The fourth-order valence-electron chi connectivity index (χ4n) is 3.64. The van der Waals surface area contributed by atoms with E-state index >= 15 is 0 Å². The average molecular weight is 449 g/mol. The Balaban J connectivity index is 0.000000709. The first kappa shape index (κ1) is 24.1. The molecular weight excluding hydrogens is 420 g/mol. The second kappa shape index (κ2) is 13.1. The van der Waals surface area contributed by atoms with E-state index in [0.29, 0.717) is 13.2 Å². The molecule has 1 aliphatic heterocycles. The van der Waals surface area contributed by atoms with Gasteiger partial charge >= 0.3 is 0 Å². The van der Waals surface area contributed by atoms with E-state index in [2.05, 4.69) is 46.6 Å². The number of anilines is 1. The highest BCUT2D eigenvalue weighted by atomic mass is 16.6. The van der Waals surface area contributed by atoms with Crippen molar-refractivity contribution in [1.82, 2.24) is 5.32 Å². The van der Waals surface area contributed by atoms with Crippen molar-refractivity contribution in [3.8, 4) is 5.75 Å². The Morgan fingerprint density at radius 2 is 1.33 bits per heavy atom. The number of benzene rings is 3. The number of nitrogens with zero attached hydrogens (tertiary/aromatic N) is 1. The summed E-state index contributed by atoms with van der Waals surface area (Å²) in [5.41, 5.74) is 3.56. The van der Waals surface area contributed by atoms with Crippen molar-refractivity contribution in [3.63, 3.8) is 0 Å². The van der Waals surface area contributed by atoms with Gasteiger partial charge in [0.25, 0.3) is 0 Å². The molecule has 4 rings (SSSR count). The number of carboxylic acid groups (broad SMARTS) is 2. The fraction of sp³-hybridized carbons (Fsp3) is 0.269. The fourth-order valence-corrected chi connectivity index (χ4v) is 3.64. The van der Waals surface area contributed by atoms with Crippen LogP contribution in [0, 0.1) is 0 Å². The average Bonchev–Trinajstić information content (AvgIpc) is 2.86.